The maximum Gasteiger partial charge on any atom is 0.120 e. The number of rotatable bonds is 6. The molecule has 4 heteroatoms. The summed E-state index contributed by atoms with van der Waals surface area (Å²) < 4.78 is 9.35. The minimum atomic E-state index is 0.573. The molecule has 0 atom stereocenters. The molecule has 5 rings (SSSR count). The highest BCUT2D eigenvalue weighted by atomic mass is 79.9. The zero-order valence-electron chi connectivity index (χ0n) is 15.9. The van der Waals surface area contributed by atoms with Gasteiger partial charge in [0.1, 0.15) is 12.4 Å². The monoisotopic (exact) mass is 444 g/mol. The molecular weight excluding hydrogens is 424 g/mol. The van der Waals surface area contributed by atoms with Crippen molar-refractivity contribution in [1.82, 2.24) is 9.55 Å². The van der Waals surface area contributed by atoms with Crippen molar-refractivity contribution in [3.8, 4) is 5.75 Å². The van der Waals surface area contributed by atoms with Gasteiger partial charge < -0.3 is 14.3 Å². The van der Waals surface area contributed by atoms with Crippen LogP contribution >= 0.6 is 15.9 Å². The number of H-pyrrole nitrogens is 1. The summed E-state index contributed by atoms with van der Waals surface area (Å²) in [6, 6.07) is 25.0. The Bertz CT molecular complexity index is 1240. The van der Waals surface area contributed by atoms with Gasteiger partial charge in [0, 0.05) is 29.8 Å². The Labute approximate surface area is 178 Å². The van der Waals surface area contributed by atoms with Crippen LogP contribution < -0.4 is 4.74 Å². The maximum absolute atomic E-state index is 6.03. The summed E-state index contributed by atoms with van der Waals surface area (Å²) in [7, 11) is 0. The summed E-state index contributed by atoms with van der Waals surface area (Å²) in [6.07, 6.45) is 5.36. The van der Waals surface area contributed by atoms with Crippen molar-refractivity contribution in [2.45, 2.75) is 19.6 Å². The maximum atomic E-state index is 6.03. The highest BCUT2D eigenvalue weighted by Crippen LogP contribution is 2.31. The molecule has 0 radical (unpaired) electrons. The number of hydrogen-bond acceptors (Lipinski definition) is 1. The zero-order valence-corrected chi connectivity index (χ0v) is 17.5. The first-order chi connectivity index (χ1) is 14.3. The van der Waals surface area contributed by atoms with Crippen LogP contribution in [0.4, 0.5) is 0 Å². The molecule has 0 aliphatic heterocycles. The third-order valence-electron chi connectivity index (χ3n) is 5.30. The van der Waals surface area contributed by atoms with Gasteiger partial charge >= 0.3 is 0 Å². The molecule has 5 aromatic rings. The second-order valence-corrected chi connectivity index (χ2v) is 8.07. The third kappa shape index (κ3) is 3.81. The largest absolute Gasteiger partial charge is 0.489 e. The fourth-order valence-corrected chi connectivity index (χ4v) is 4.41. The van der Waals surface area contributed by atoms with Gasteiger partial charge in [-0.2, -0.15) is 0 Å². The molecule has 29 heavy (non-hydrogen) atoms. The molecule has 0 bridgehead atoms. The van der Waals surface area contributed by atoms with Crippen molar-refractivity contribution in [3.63, 3.8) is 0 Å². The number of halogens is 1. The smallest absolute Gasteiger partial charge is 0.120 e. The van der Waals surface area contributed by atoms with Gasteiger partial charge in [-0.05, 0) is 62.4 Å². The van der Waals surface area contributed by atoms with Crippen molar-refractivity contribution in [2.24, 2.45) is 0 Å². The summed E-state index contributed by atoms with van der Waals surface area (Å²) in [5, 5.41) is 3.77. The molecule has 1 N–H and O–H groups in total. The van der Waals surface area contributed by atoms with Crippen LogP contribution in [-0.4, -0.2) is 9.55 Å². The van der Waals surface area contributed by atoms with E-state index in [0.717, 1.165) is 28.8 Å². The molecule has 2 heterocycles. The van der Waals surface area contributed by atoms with E-state index in [1.807, 2.05) is 24.3 Å². The Hall–Kier alpha value is -2.98. The van der Waals surface area contributed by atoms with E-state index >= 15 is 0 Å². The number of aromatic amines is 1. The molecule has 0 unspecified atom stereocenters. The first-order valence-corrected chi connectivity index (χ1v) is 10.6. The SMILES string of the molecule is Brc1[nH]c2ccc(OCc3ccccc3)cc2c1CCn1cc2ccccc2c1. The molecule has 0 aliphatic carbocycles. The molecule has 0 spiro atoms. The van der Waals surface area contributed by atoms with Crippen LogP contribution in [0, 0.1) is 0 Å². The van der Waals surface area contributed by atoms with E-state index in [4.69, 9.17) is 4.74 Å². The number of nitrogens with zero attached hydrogens (tertiary/aromatic N) is 1. The van der Waals surface area contributed by atoms with Crippen LogP contribution in [0.5, 0.6) is 5.75 Å². The van der Waals surface area contributed by atoms with Crippen LogP contribution in [0.2, 0.25) is 0 Å². The minimum Gasteiger partial charge on any atom is -0.489 e. The molecule has 0 saturated carbocycles. The number of aryl methyl sites for hydroxylation is 2. The molecule has 0 amide bonds. The lowest BCUT2D eigenvalue weighted by Crippen LogP contribution is -1.98. The molecule has 144 valence electrons. The van der Waals surface area contributed by atoms with Gasteiger partial charge in [-0.3, -0.25) is 0 Å². The van der Waals surface area contributed by atoms with Crippen molar-refractivity contribution >= 4 is 37.6 Å². The zero-order chi connectivity index (χ0) is 19.6. The van der Waals surface area contributed by atoms with Gasteiger partial charge in [0.25, 0.3) is 0 Å². The lowest BCUT2D eigenvalue weighted by molar-refractivity contribution is 0.306. The number of aromatic nitrogens is 2. The fraction of sp³-hybridized carbons (Fsp3) is 0.120. The fourth-order valence-electron chi connectivity index (χ4n) is 3.78. The Balaban J connectivity index is 1.37. The molecule has 0 fully saturated rings. The predicted octanol–water partition coefficient (Wildman–Crippen LogP) is 6.71. The third-order valence-corrected chi connectivity index (χ3v) is 5.98. The summed E-state index contributed by atoms with van der Waals surface area (Å²) in [4.78, 5) is 3.44. The van der Waals surface area contributed by atoms with Crippen LogP contribution in [0.1, 0.15) is 11.1 Å². The number of hydrogen-bond donors (Lipinski definition) is 1. The Morgan fingerprint density at radius 2 is 1.59 bits per heavy atom. The highest BCUT2D eigenvalue weighted by Gasteiger charge is 2.11. The second-order valence-electron chi connectivity index (χ2n) is 7.27. The average molecular weight is 445 g/mol. The van der Waals surface area contributed by atoms with E-state index in [-0.39, 0.29) is 0 Å². The first-order valence-electron chi connectivity index (χ1n) is 9.77. The standard InChI is InChI=1S/C25H21BrN2O/c26-25-22(12-13-28-15-19-8-4-5-9-20(19)16-28)23-14-21(10-11-24(23)27-25)29-17-18-6-2-1-3-7-18/h1-11,14-16,27H,12-13,17H2. The van der Waals surface area contributed by atoms with E-state index in [0.29, 0.717) is 6.61 Å². The molecule has 2 aromatic heterocycles. The van der Waals surface area contributed by atoms with Gasteiger partial charge in [-0.1, -0.05) is 54.6 Å². The first kappa shape index (κ1) is 18.1. The number of benzene rings is 3. The Kier molecular flexibility index (Phi) is 4.86. The predicted molar refractivity (Wildman–Crippen MR) is 122 cm³/mol. The molecular formula is C25H21BrN2O. The number of fused-ring (bicyclic) bond motifs is 2. The molecule has 0 aliphatic rings. The summed E-state index contributed by atoms with van der Waals surface area (Å²) in [5.41, 5.74) is 3.57. The van der Waals surface area contributed by atoms with E-state index in [1.54, 1.807) is 0 Å². The van der Waals surface area contributed by atoms with E-state index in [1.165, 1.54) is 27.3 Å². The van der Waals surface area contributed by atoms with Gasteiger partial charge in [0.2, 0.25) is 0 Å². The topological polar surface area (TPSA) is 29.9 Å². The van der Waals surface area contributed by atoms with E-state index in [9.17, 15) is 0 Å². The van der Waals surface area contributed by atoms with Crippen LogP contribution in [0.15, 0.2) is 89.8 Å². The lowest BCUT2D eigenvalue weighted by Gasteiger charge is -2.07. The second kappa shape index (κ2) is 7.80. The van der Waals surface area contributed by atoms with Gasteiger partial charge in [0.05, 0.1) is 4.60 Å². The van der Waals surface area contributed by atoms with Crippen LogP contribution in [0.25, 0.3) is 21.7 Å². The van der Waals surface area contributed by atoms with Gasteiger partial charge in [0.15, 0.2) is 0 Å². The molecule has 3 nitrogen and oxygen atoms in total. The van der Waals surface area contributed by atoms with Crippen LogP contribution in [0.3, 0.4) is 0 Å². The van der Waals surface area contributed by atoms with Crippen molar-refractivity contribution in [2.75, 3.05) is 0 Å². The lowest BCUT2D eigenvalue weighted by atomic mass is 10.1. The quantitative estimate of drug-likeness (QED) is 0.310. The van der Waals surface area contributed by atoms with Gasteiger partial charge in [-0.15, -0.1) is 0 Å². The number of ether oxygens (including phenoxy) is 1. The molecule has 3 aromatic carbocycles. The van der Waals surface area contributed by atoms with Crippen molar-refractivity contribution in [1.29, 1.82) is 0 Å². The highest BCUT2D eigenvalue weighted by molar-refractivity contribution is 9.10. The van der Waals surface area contributed by atoms with Crippen molar-refractivity contribution in [3.05, 3.63) is 101 Å². The minimum absolute atomic E-state index is 0.573. The Morgan fingerprint density at radius 1 is 0.862 bits per heavy atom. The van der Waals surface area contributed by atoms with E-state index in [2.05, 4.69) is 86.4 Å². The Morgan fingerprint density at radius 3 is 2.34 bits per heavy atom. The number of nitrogens with one attached hydrogen (secondary N) is 1. The van der Waals surface area contributed by atoms with Crippen LogP contribution in [-0.2, 0) is 19.6 Å². The summed E-state index contributed by atoms with van der Waals surface area (Å²) >= 11 is 3.71. The van der Waals surface area contributed by atoms with E-state index < -0.39 is 0 Å². The van der Waals surface area contributed by atoms with Crippen molar-refractivity contribution < 1.29 is 4.74 Å². The summed E-state index contributed by atoms with van der Waals surface area (Å²) in [5.74, 6) is 0.890. The van der Waals surface area contributed by atoms with Gasteiger partial charge in [-0.25, -0.2) is 0 Å². The average Bonchev–Trinajstić information content (AvgIpc) is 3.31. The molecule has 0 saturated heterocycles. The summed E-state index contributed by atoms with van der Waals surface area (Å²) in [6.45, 7) is 1.50. The normalized spacial score (nSPS) is 11.3.